The van der Waals surface area contributed by atoms with Gasteiger partial charge in [-0.05, 0) is 11.1 Å². The van der Waals surface area contributed by atoms with Crippen LogP contribution < -0.4 is 14.5 Å². The van der Waals surface area contributed by atoms with Gasteiger partial charge in [-0.25, -0.2) is 4.98 Å². The van der Waals surface area contributed by atoms with Gasteiger partial charge in [0.2, 0.25) is 5.95 Å². The standard InChI is InChI=1S/C25H28N4O3/c1-30-21-16-26-25(29-13-15-32-23(18-29)20-10-6-3-7-11-20)27-24(21)28-12-14-31-22(17-28)19-8-4-2-5-9-19/h2-11,16,22-23H,12-15,17-18H2,1H3/t22-,23+/m0/s1. The highest BCUT2D eigenvalue weighted by molar-refractivity contribution is 5.55. The van der Waals surface area contributed by atoms with Crippen LogP contribution in [0.2, 0.25) is 0 Å². The molecule has 0 aliphatic carbocycles. The Labute approximate surface area is 188 Å². The van der Waals surface area contributed by atoms with Gasteiger partial charge in [0, 0.05) is 19.6 Å². The topological polar surface area (TPSA) is 60.0 Å². The van der Waals surface area contributed by atoms with Crippen molar-refractivity contribution in [1.82, 2.24) is 9.97 Å². The number of morpholine rings is 2. The van der Waals surface area contributed by atoms with E-state index in [1.807, 2.05) is 36.4 Å². The Morgan fingerprint density at radius 2 is 1.38 bits per heavy atom. The van der Waals surface area contributed by atoms with E-state index in [1.165, 1.54) is 11.1 Å². The van der Waals surface area contributed by atoms with Crippen LogP contribution in [0, 0.1) is 0 Å². The van der Waals surface area contributed by atoms with Gasteiger partial charge in [0.15, 0.2) is 11.6 Å². The molecule has 2 atom stereocenters. The van der Waals surface area contributed by atoms with E-state index in [9.17, 15) is 0 Å². The highest BCUT2D eigenvalue weighted by Crippen LogP contribution is 2.33. The van der Waals surface area contributed by atoms with Crippen molar-refractivity contribution in [2.75, 3.05) is 56.3 Å². The lowest BCUT2D eigenvalue weighted by molar-refractivity contribution is 0.0386. The normalized spacial score (nSPS) is 21.4. The number of aromatic nitrogens is 2. The number of rotatable bonds is 5. The molecule has 166 valence electrons. The second-order valence-electron chi connectivity index (χ2n) is 7.99. The van der Waals surface area contributed by atoms with Crippen LogP contribution in [0.1, 0.15) is 23.3 Å². The predicted molar refractivity (Wildman–Crippen MR) is 123 cm³/mol. The van der Waals surface area contributed by atoms with Gasteiger partial charge in [0.05, 0.1) is 33.1 Å². The van der Waals surface area contributed by atoms with E-state index >= 15 is 0 Å². The van der Waals surface area contributed by atoms with Crippen molar-refractivity contribution in [1.29, 1.82) is 0 Å². The molecule has 0 N–H and O–H groups in total. The maximum atomic E-state index is 6.05. The summed E-state index contributed by atoms with van der Waals surface area (Å²) in [4.78, 5) is 14.0. The van der Waals surface area contributed by atoms with Gasteiger partial charge < -0.3 is 24.0 Å². The molecule has 0 bridgehead atoms. The van der Waals surface area contributed by atoms with Crippen LogP contribution in [0.25, 0.3) is 0 Å². The lowest BCUT2D eigenvalue weighted by Crippen LogP contribution is -2.41. The molecule has 7 nitrogen and oxygen atoms in total. The van der Waals surface area contributed by atoms with Crippen molar-refractivity contribution in [2.45, 2.75) is 12.2 Å². The van der Waals surface area contributed by atoms with Gasteiger partial charge in [0.25, 0.3) is 0 Å². The Kier molecular flexibility index (Phi) is 6.18. The summed E-state index contributed by atoms with van der Waals surface area (Å²) in [5, 5.41) is 0. The summed E-state index contributed by atoms with van der Waals surface area (Å²) in [5.74, 6) is 2.19. The fourth-order valence-electron chi connectivity index (χ4n) is 4.29. The molecule has 0 amide bonds. The molecule has 2 fully saturated rings. The highest BCUT2D eigenvalue weighted by Gasteiger charge is 2.28. The first-order valence-corrected chi connectivity index (χ1v) is 11.1. The number of nitrogens with zero attached hydrogens (tertiary/aromatic N) is 4. The lowest BCUT2D eigenvalue weighted by atomic mass is 10.1. The first kappa shape index (κ1) is 20.7. The lowest BCUT2D eigenvalue weighted by Gasteiger charge is -2.36. The Morgan fingerprint density at radius 1 is 0.812 bits per heavy atom. The zero-order valence-electron chi connectivity index (χ0n) is 18.3. The number of hydrogen-bond donors (Lipinski definition) is 0. The number of hydrogen-bond acceptors (Lipinski definition) is 7. The summed E-state index contributed by atoms with van der Waals surface area (Å²) >= 11 is 0. The van der Waals surface area contributed by atoms with Gasteiger partial charge >= 0.3 is 0 Å². The molecule has 5 rings (SSSR count). The largest absolute Gasteiger partial charge is 0.491 e. The van der Waals surface area contributed by atoms with Crippen LogP contribution in [-0.4, -0.2) is 56.5 Å². The average Bonchev–Trinajstić information content (AvgIpc) is 2.89. The van der Waals surface area contributed by atoms with Crippen molar-refractivity contribution < 1.29 is 14.2 Å². The van der Waals surface area contributed by atoms with Crippen molar-refractivity contribution in [3.05, 3.63) is 78.0 Å². The van der Waals surface area contributed by atoms with Gasteiger partial charge in [-0.1, -0.05) is 60.7 Å². The summed E-state index contributed by atoms with van der Waals surface area (Å²) in [6.07, 6.45) is 1.78. The molecule has 0 radical (unpaired) electrons. The first-order chi connectivity index (χ1) is 15.8. The van der Waals surface area contributed by atoms with Crippen molar-refractivity contribution in [3.63, 3.8) is 0 Å². The van der Waals surface area contributed by atoms with Gasteiger partial charge in [0.1, 0.15) is 12.2 Å². The number of benzene rings is 2. The average molecular weight is 433 g/mol. The van der Waals surface area contributed by atoms with Crippen LogP contribution in [-0.2, 0) is 9.47 Å². The Morgan fingerprint density at radius 3 is 1.97 bits per heavy atom. The van der Waals surface area contributed by atoms with Crippen molar-refractivity contribution in [2.24, 2.45) is 0 Å². The third-order valence-corrected chi connectivity index (χ3v) is 6.00. The molecule has 1 aromatic heterocycles. The first-order valence-electron chi connectivity index (χ1n) is 11.1. The zero-order chi connectivity index (χ0) is 21.8. The summed E-state index contributed by atoms with van der Waals surface area (Å²) in [6.45, 7) is 4.21. The van der Waals surface area contributed by atoms with E-state index in [2.05, 4.69) is 39.0 Å². The quantitative estimate of drug-likeness (QED) is 0.610. The van der Waals surface area contributed by atoms with Crippen LogP contribution in [0.4, 0.5) is 11.8 Å². The minimum Gasteiger partial charge on any atom is -0.491 e. The molecule has 0 unspecified atom stereocenters. The summed E-state index contributed by atoms with van der Waals surface area (Å²) in [6, 6.07) is 20.6. The Balaban J connectivity index is 1.38. The molecule has 2 aliphatic rings. The molecule has 2 aliphatic heterocycles. The predicted octanol–water partition coefficient (Wildman–Crippen LogP) is 3.64. The Bertz CT molecular complexity index is 1020. The molecule has 0 saturated carbocycles. The zero-order valence-corrected chi connectivity index (χ0v) is 18.3. The maximum absolute atomic E-state index is 6.05. The summed E-state index contributed by atoms with van der Waals surface area (Å²) in [7, 11) is 1.66. The fourth-order valence-corrected chi connectivity index (χ4v) is 4.29. The summed E-state index contributed by atoms with van der Waals surface area (Å²) in [5.41, 5.74) is 2.34. The second kappa shape index (κ2) is 9.54. The fraction of sp³-hybridized carbons (Fsp3) is 0.360. The van der Waals surface area contributed by atoms with E-state index in [1.54, 1.807) is 13.3 Å². The van der Waals surface area contributed by atoms with Crippen LogP contribution in [0.15, 0.2) is 66.9 Å². The van der Waals surface area contributed by atoms with E-state index in [-0.39, 0.29) is 12.2 Å². The van der Waals surface area contributed by atoms with Crippen molar-refractivity contribution >= 4 is 11.8 Å². The van der Waals surface area contributed by atoms with Gasteiger partial charge in [-0.3, -0.25) is 0 Å². The molecular formula is C25H28N4O3. The van der Waals surface area contributed by atoms with E-state index in [0.717, 1.165) is 18.9 Å². The summed E-state index contributed by atoms with van der Waals surface area (Å²) < 4.78 is 17.7. The molecule has 32 heavy (non-hydrogen) atoms. The minimum absolute atomic E-state index is 0.00100. The van der Waals surface area contributed by atoms with Crippen LogP contribution in [0.5, 0.6) is 5.75 Å². The number of ether oxygens (including phenoxy) is 3. The van der Waals surface area contributed by atoms with E-state index in [0.29, 0.717) is 38.0 Å². The molecule has 2 saturated heterocycles. The van der Waals surface area contributed by atoms with Crippen LogP contribution >= 0.6 is 0 Å². The molecule has 7 heteroatoms. The molecule has 2 aromatic carbocycles. The molecule has 0 spiro atoms. The molecule has 3 heterocycles. The maximum Gasteiger partial charge on any atom is 0.227 e. The number of anilines is 2. The van der Waals surface area contributed by atoms with Gasteiger partial charge in [-0.15, -0.1) is 0 Å². The Hall–Kier alpha value is -3.16. The SMILES string of the molecule is COc1cnc(N2CCO[C@@H](c3ccccc3)C2)nc1N1CCO[C@H](c2ccccc2)C1. The second-order valence-corrected chi connectivity index (χ2v) is 7.99. The third-order valence-electron chi connectivity index (χ3n) is 6.00. The monoisotopic (exact) mass is 432 g/mol. The minimum atomic E-state index is -0.00100. The molecular weight excluding hydrogens is 404 g/mol. The third kappa shape index (κ3) is 4.40. The smallest absolute Gasteiger partial charge is 0.227 e. The van der Waals surface area contributed by atoms with E-state index < -0.39 is 0 Å². The van der Waals surface area contributed by atoms with Crippen LogP contribution in [0.3, 0.4) is 0 Å². The molecule has 3 aromatic rings. The number of methoxy groups -OCH3 is 1. The van der Waals surface area contributed by atoms with Crippen molar-refractivity contribution in [3.8, 4) is 5.75 Å². The van der Waals surface area contributed by atoms with Gasteiger partial charge in [-0.2, -0.15) is 4.98 Å². The van der Waals surface area contributed by atoms with E-state index in [4.69, 9.17) is 19.2 Å². The highest BCUT2D eigenvalue weighted by atomic mass is 16.5.